The molecule has 5 rings (SSSR count). The summed E-state index contributed by atoms with van der Waals surface area (Å²) in [5, 5.41) is 1.29. The summed E-state index contributed by atoms with van der Waals surface area (Å²) in [5.74, 6) is -0.610. The highest BCUT2D eigenvalue weighted by Gasteiger charge is 2.39. The number of benzene rings is 3. The Hall–Kier alpha value is -3.89. The van der Waals surface area contributed by atoms with Gasteiger partial charge >= 0.3 is 0 Å². The molecule has 5 heteroatoms. The molecule has 0 spiro atoms. The Bertz CT molecular complexity index is 1490. The molecular weight excluding hydrogens is 456 g/mol. The molecule has 1 aromatic heterocycles. The summed E-state index contributed by atoms with van der Waals surface area (Å²) in [5.41, 5.74) is 5.41. The fraction of sp³-hybridized carbons (Fsp3) is 0.133. The predicted octanol–water partition coefficient (Wildman–Crippen LogP) is 6.22. The maximum absolute atomic E-state index is 13.8. The predicted molar refractivity (Wildman–Crippen MR) is 142 cm³/mol. The second-order valence-electron chi connectivity index (χ2n) is 8.77. The van der Waals surface area contributed by atoms with Crippen LogP contribution in [0.5, 0.6) is 0 Å². The van der Waals surface area contributed by atoms with E-state index in [4.69, 9.17) is 11.6 Å². The Kier molecular flexibility index (Phi) is 6.14. The number of fused-ring (bicyclic) bond motifs is 1. The molecule has 35 heavy (non-hydrogen) atoms. The van der Waals surface area contributed by atoms with E-state index in [1.807, 2.05) is 103 Å². The minimum absolute atomic E-state index is 0.298. The van der Waals surface area contributed by atoms with Gasteiger partial charge in [-0.1, -0.05) is 96.0 Å². The second kappa shape index (κ2) is 9.40. The first-order valence-electron chi connectivity index (χ1n) is 11.6. The fourth-order valence-electron chi connectivity index (χ4n) is 4.54. The first-order valence-corrected chi connectivity index (χ1v) is 12.0. The number of aromatic nitrogens is 1. The van der Waals surface area contributed by atoms with Crippen LogP contribution in [0.3, 0.4) is 0 Å². The number of hydrogen-bond acceptors (Lipinski definition) is 2. The van der Waals surface area contributed by atoms with Gasteiger partial charge in [-0.25, -0.2) is 0 Å². The molecule has 0 radical (unpaired) electrons. The number of carbonyl (C=O) groups is 2. The summed E-state index contributed by atoms with van der Waals surface area (Å²) in [7, 11) is 1.87. The minimum atomic E-state index is -0.312. The molecule has 0 aliphatic carbocycles. The summed E-state index contributed by atoms with van der Waals surface area (Å²) in [6.07, 6.45) is 4.21. The number of hydrogen-bond donors (Lipinski definition) is 0. The molecule has 0 unspecified atom stereocenters. The first-order chi connectivity index (χ1) is 17.0. The fourth-order valence-corrected chi connectivity index (χ4v) is 4.82. The third kappa shape index (κ3) is 4.22. The molecule has 2 amide bonds. The Labute approximate surface area is 209 Å². The van der Waals surface area contributed by atoms with Gasteiger partial charge < -0.3 is 4.57 Å². The van der Waals surface area contributed by atoms with E-state index in [1.165, 1.54) is 4.90 Å². The van der Waals surface area contributed by atoms with Crippen LogP contribution in [-0.4, -0.2) is 27.8 Å². The molecule has 0 atom stereocenters. The molecular formula is C30H25ClN2O2. The Morgan fingerprint density at radius 2 is 1.51 bits per heavy atom. The van der Waals surface area contributed by atoms with E-state index in [0.717, 1.165) is 27.6 Å². The monoisotopic (exact) mass is 480 g/mol. The number of carbonyl (C=O) groups excluding carboxylic acids is 2. The SMILES string of the molecule is Cc1ccc(/C=C/C2=C(c3c(Cl)n(C)c4ccccc34)C(=O)N(CCc3ccccc3)C2=O)cc1. The maximum atomic E-state index is 13.8. The number of rotatable bonds is 6. The van der Waals surface area contributed by atoms with Gasteiger partial charge in [-0.2, -0.15) is 0 Å². The largest absolute Gasteiger partial charge is 0.334 e. The summed E-state index contributed by atoms with van der Waals surface area (Å²) in [6.45, 7) is 2.33. The first kappa shape index (κ1) is 22.9. The molecule has 1 aliphatic rings. The average Bonchev–Trinajstić information content (AvgIpc) is 3.26. The summed E-state index contributed by atoms with van der Waals surface area (Å²) in [4.78, 5) is 28.7. The molecule has 4 nitrogen and oxygen atoms in total. The Morgan fingerprint density at radius 3 is 2.26 bits per heavy atom. The van der Waals surface area contributed by atoms with E-state index in [0.29, 0.717) is 34.8 Å². The summed E-state index contributed by atoms with van der Waals surface area (Å²) < 4.78 is 1.85. The van der Waals surface area contributed by atoms with Crippen molar-refractivity contribution in [2.75, 3.05) is 6.54 Å². The number of amides is 2. The van der Waals surface area contributed by atoms with Crippen LogP contribution in [0, 0.1) is 6.92 Å². The molecule has 4 aromatic rings. The minimum Gasteiger partial charge on any atom is -0.334 e. The number of aryl methyl sites for hydroxylation is 2. The van der Waals surface area contributed by atoms with Crippen molar-refractivity contribution in [3.05, 3.63) is 118 Å². The molecule has 0 bridgehead atoms. The second-order valence-corrected chi connectivity index (χ2v) is 9.13. The van der Waals surface area contributed by atoms with Crippen LogP contribution >= 0.6 is 11.6 Å². The van der Waals surface area contributed by atoms with Crippen LogP contribution in [0.2, 0.25) is 5.15 Å². The van der Waals surface area contributed by atoms with Gasteiger partial charge in [0.05, 0.1) is 11.1 Å². The lowest BCUT2D eigenvalue weighted by molar-refractivity contribution is -0.136. The Morgan fingerprint density at radius 1 is 0.829 bits per heavy atom. The molecule has 0 fully saturated rings. The zero-order chi connectivity index (χ0) is 24.5. The molecule has 0 saturated heterocycles. The van der Waals surface area contributed by atoms with Crippen LogP contribution in [0.15, 0.2) is 90.5 Å². The van der Waals surface area contributed by atoms with Crippen molar-refractivity contribution < 1.29 is 9.59 Å². The molecule has 174 valence electrons. The van der Waals surface area contributed by atoms with Crippen molar-refractivity contribution in [1.29, 1.82) is 0 Å². The Balaban J connectivity index is 1.60. The van der Waals surface area contributed by atoms with E-state index < -0.39 is 0 Å². The molecule has 2 heterocycles. The number of nitrogens with zero attached hydrogens (tertiary/aromatic N) is 2. The lowest BCUT2D eigenvalue weighted by atomic mass is 10.00. The van der Waals surface area contributed by atoms with E-state index in [-0.39, 0.29) is 11.8 Å². The van der Waals surface area contributed by atoms with Crippen LogP contribution in [0.1, 0.15) is 22.3 Å². The van der Waals surface area contributed by atoms with E-state index >= 15 is 0 Å². The highest BCUT2D eigenvalue weighted by atomic mass is 35.5. The summed E-state index contributed by atoms with van der Waals surface area (Å²) >= 11 is 6.77. The standard InChI is InChI=1S/C30H25ClN2O2/c1-20-12-14-22(15-13-20)16-17-24-27(26-23-10-6-7-11-25(23)32(2)28(26)31)30(35)33(29(24)34)19-18-21-8-4-3-5-9-21/h3-17H,18-19H2,1-2H3/b17-16+. The van der Waals surface area contributed by atoms with Gasteiger partial charge in [-0.15, -0.1) is 0 Å². The molecule has 3 aromatic carbocycles. The molecule has 1 aliphatic heterocycles. The third-order valence-electron chi connectivity index (χ3n) is 6.48. The highest BCUT2D eigenvalue weighted by molar-refractivity contribution is 6.42. The summed E-state index contributed by atoms with van der Waals surface area (Å²) in [6, 6.07) is 25.6. The van der Waals surface area contributed by atoms with E-state index in [2.05, 4.69) is 0 Å². The zero-order valence-electron chi connectivity index (χ0n) is 19.7. The van der Waals surface area contributed by atoms with E-state index in [1.54, 1.807) is 6.08 Å². The molecule has 0 N–H and O–H groups in total. The smallest absolute Gasteiger partial charge is 0.262 e. The van der Waals surface area contributed by atoms with Gasteiger partial charge in [-0.3, -0.25) is 14.5 Å². The van der Waals surface area contributed by atoms with Crippen molar-refractivity contribution in [1.82, 2.24) is 9.47 Å². The lowest BCUT2D eigenvalue weighted by Gasteiger charge is -2.15. The third-order valence-corrected chi connectivity index (χ3v) is 6.92. The normalized spacial score (nSPS) is 14.2. The van der Waals surface area contributed by atoms with Crippen LogP contribution in [0.25, 0.3) is 22.6 Å². The number of imide groups is 1. The van der Waals surface area contributed by atoms with Crippen molar-refractivity contribution in [3.63, 3.8) is 0 Å². The van der Waals surface area contributed by atoms with Crippen molar-refractivity contribution in [2.45, 2.75) is 13.3 Å². The van der Waals surface area contributed by atoms with Gasteiger partial charge in [0.25, 0.3) is 11.8 Å². The van der Waals surface area contributed by atoms with E-state index in [9.17, 15) is 9.59 Å². The zero-order valence-corrected chi connectivity index (χ0v) is 20.4. The van der Waals surface area contributed by atoms with Crippen molar-refractivity contribution in [2.24, 2.45) is 7.05 Å². The topological polar surface area (TPSA) is 42.3 Å². The van der Waals surface area contributed by atoms with Crippen molar-refractivity contribution in [3.8, 4) is 0 Å². The number of halogens is 1. The van der Waals surface area contributed by atoms with Gasteiger partial charge in [0, 0.05) is 30.1 Å². The van der Waals surface area contributed by atoms with Gasteiger partial charge in [0.1, 0.15) is 5.15 Å². The van der Waals surface area contributed by atoms with Crippen molar-refractivity contribution >= 4 is 46.0 Å². The van der Waals surface area contributed by atoms with Crippen LogP contribution in [0.4, 0.5) is 0 Å². The van der Waals surface area contributed by atoms with Crippen LogP contribution in [-0.2, 0) is 23.1 Å². The van der Waals surface area contributed by atoms with Gasteiger partial charge in [-0.05, 0) is 36.6 Å². The maximum Gasteiger partial charge on any atom is 0.262 e. The van der Waals surface area contributed by atoms with Gasteiger partial charge in [0.2, 0.25) is 0 Å². The highest BCUT2D eigenvalue weighted by Crippen LogP contribution is 2.40. The van der Waals surface area contributed by atoms with Crippen LogP contribution < -0.4 is 0 Å². The molecule has 0 saturated carbocycles. The lowest BCUT2D eigenvalue weighted by Crippen LogP contribution is -2.33. The quantitative estimate of drug-likeness (QED) is 0.307. The van der Waals surface area contributed by atoms with Gasteiger partial charge in [0.15, 0.2) is 0 Å². The average molecular weight is 481 g/mol. The number of para-hydroxylation sites is 1.